The van der Waals surface area contributed by atoms with Crippen LogP contribution in [0.4, 0.5) is 0 Å². The molecule has 4 unspecified atom stereocenters. The van der Waals surface area contributed by atoms with Gasteiger partial charge in [0.1, 0.15) is 18.1 Å². The summed E-state index contributed by atoms with van der Waals surface area (Å²) in [7, 11) is 0. The Morgan fingerprint density at radius 3 is 2.44 bits per heavy atom. The first-order valence-corrected chi connectivity index (χ1v) is 13.0. The molecule has 1 aromatic rings. The second kappa shape index (κ2) is 13.3. The fourth-order valence-corrected chi connectivity index (χ4v) is 4.48. The molecule has 5 N–H and O–H groups in total. The van der Waals surface area contributed by atoms with Gasteiger partial charge in [-0.2, -0.15) is 11.8 Å². The van der Waals surface area contributed by atoms with E-state index in [0.717, 1.165) is 5.56 Å². The Morgan fingerprint density at radius 1 is 1.18 bits per heavy atom. The van der Waals surface area contributed by atoms with Crippen molar-refractivity contribution in [3.8, 4) is 0 Å². The molecule has 1 saturated heterocycles. The standard InChI is InChI=1S/C24H36N4O5S/c1-15(2)20(24(32)33)27-21(29)18(11-13-34-3)26-22(30)19-10-7-12-28(19)23(31)17(25)14-16-8-5-4-6-9-16/h4-6,8-9,15,17-20H,7,10-14,25H2,1-3H3,(H,26,30)(H,27,29)(H,32,33). The molecule has 34 heavy (non-hydrogen) atoms. The highest BCUT2D eigenvalue weighted by molar-refractivity contribution is 7.98. The molecule has 0 saturated carbocycles. The van der Waals surface area contributed by atoms with Crippen LogP contribution < -0.4 is 16.4 Å². The second-order valence-corrected chi connectivity index (χ2v) is 9.88. The van der Waals surface area contributed by atoms with E-state index in [1.165, 1.54) is 16.7 Å². The molecule has 0 aliphatic carbocycles. The molecule has 4 atom stereocenters. The number of benzene rings is 1. The number of amides is 3. The molecular weight excluding hydrogens is 456 g/mol. The van der Waals surface area contributed by atoms with Crippen molar-refractivity contribution in [2.24, 2.45) is 11.7 Å². The Morgan fingerprint density at radius 2 is 1.85 bits per heavy atom. The van der Waals surface area contributed by atoms with Crippen LogP contribution in [0, 0.1) is 5.92 Å². The van der Waals surface area contributed by atoms with Gasteiger partial charge in [0.05, 0.1) is 6.04 Å². The molecule has 10 heteroatoms. The highest BCUT2D eigenvalue weighted by Crippen LogP contribution is 2.20. The van der Waals surface area contributed by atoms with Crippen LogP contribution in [0.15, 0.2) is 30.3 Å². The lowest BCUT2D eigenvalue weighted by Crippen LogP contribution is -2.57. The first-order valence-electron chi connectivity index (χ1n) is 11.6. The number of nitrogens with zero attached hydrogens (tertiary/aromatic N) is 1. The van der Waals surface area contributed by atoms with Crippen molar-refractivity contribution in [2.45, 2.75) is 63.7 Å². The van der Waals surface area contributed by atoms with Crippen molar-refractivity contribution in [3.63, 3.8) is 0 Å². The van der Waals surface area contributed by atoms with Gasteiger partial charge in [0.15, 0.2) is 0 Å². The average molecular weight is 493 g/mol. The SMILES string of the molecule is CSCCC(NC(=O)C1CCCN1C(=O)C(N)Cc1ccccc1)C(=O)NC(C(=O)O)C(C)C. The second-order valence-electron chi connectivity index (χ2n) is 8.90. The van der Waals surface area contributed by atoms with Gasteiger partial charge in [0.2, 0.25) is 17.7 Å². The number of hydrogen-bond acceptors (Lipinski definition) is 6. The van der Waals surface area contributed by atoms with Crippen molar-refractivity contribution < 1.29 is 24.3 Å². The monoisotopic (exact) mass is 492 g/mol. The molecule has 1 heterocycles. The third-order valence-electron chi connectivity index (χ3n) is 5.93. The summed E-state index contributed by atoms with van der Waals surface area (Å²) in [6.45, 7) is 3.83. The molecule has 1 fully saturated rings. The van der Waals surface area contributed by atoms with Gasteiger partial charge in [-0.3, -0.25) is 14.4 Å². The lowest BCUT2D eigenvalue weighted by Gasteiger charge is -2.29. The van der Waals surface area contributed by atoms with Crippen LogP contribution in [0.1, 0.15) is 38.7 Å². The van der Waals surface area contributed by atoms with Crippen LogP contribution in [-0.4, -0.2) is 76.4 Å². The number of carboxylic acid groups (broad SMARTS) is 1. The molecule has 1 aliphatic heterocycles. The number of likely N-dealkylation sites (tertiary alicyclic amines) is 1. The smallest absolute Gasteiger partial charge is 0.326 e. The number of nitrogens with two attached hydrogens (primary N) is 1. The highest BCUT2D eigenvalue weighted by Gasteiger charge is 2.38. The van der Waals surface area contributed by atoms with E-state index < -0.39 is 42.0 Å². The first kappa shape index (κ1) is 27.7. The maximum Gasteiger partial charge on any atom is 0.326 e. The number of nitrogens with one attached hydrogen (secondary N) is 2. The molecule has 3 amide bonds. The van der Waals surface area contributed by atoms with Gasteiger partial charge in [-0.15, -0.1) is 0 Å². The molecule has 2 rings (SSSR count). The predicted molar refractivity (Wildman–Crippen MR) is 132 cm³/mol. The largest absolute Gasteiger partial charge is 0.480 e. The summed E-state index contributed by atoms with van der Waals surface area (Å²) in [6, 6.07) is 6.03. The number of hydrogen-bond donors (Lipinski definition) is 4. The van der Waals surface area contributed by atoms with Gasteiger partial charge in [0, 0.05) is 6.54 Å². The Hall–Kier alpha value is -2.59. The summed E-state index contributed by atoms with van der Waals surface area (Å²) in [4.78, 5) is 52.0. The number of aliphatic carboxylic acids is 1. The number of carbonyl (C=O) groups excluding carboxylic acids is 3. The number of carboxylic acids is 1. The maximum absolute atomic E-state index is 13.1. The van der Waals surface area contributed by atoms with E-state index in [4.69, 9.17) is 5.73 Å². The van der Waals surface area contributed by atoms with E-state index in [-0.39, 0.29) is 11.8 Å². The van der Waals surface area contributed by atoms with Gasteiger partial charge < -0.3 is 26.4 Å². The lowest BCUT2D eigenvalue weighted by atomic mass is 10.0. The van der Waals surface area contributed by atoms with E-state index in [0.29, 0.717) is 38.0 Å². The van der Waals surface area contributed by atoms with Crippen molar-refractivity contribution in [1.82, 2.24) is 15.5 Å². The highest BCUT2D eigenvalue weighted by atomic mass is 32.2. The Labute approximate surface area is 205 Å². The summed E-state index contributed by atoms with van der Waals surface area (Å²) in [6.07, 6.45) is 3.75. The van der Waals surface area contributed by atoms with Crippen LogP contribution in [0.5, 0.6) is 0 Å². The van der Waals surface area contributed by atoms with Crippen LogP contribution in [0.25, 0.3) is 0 Å². The third-order valence-corrected chi connectivity index (χ3v) is 6.57. The zero-order valence-electron chi connectivity index (χ0n) is 20.0. The van der Waals surface area contributed by atoms with E-state index in [1.807, 2.05) is 36.6 Å². The molecule has 0 spiro atoms. The van der Waals surface area contributed by atoms with Crippen molar-refractivity contribution in [3.05, 3.63) is 35.9 Å². The molecular formula is C24H36N4O5S. The summed E-state index contributed by atoms with van der Waals surface area (Å²) < 4.78 is 0. The lowest BCUT2D eigenvalue weighted by molar-refractivity contribution is -0.144. The molecule has 1 aromatic carbocycles. The summed E-state index contributed by atoms with van der Waals surface area (Å²) in [5.74, 6) is -2.09. The van der Waals surface area contributed by atoms with Gasteiger partial charge in [-0.1, -0.05) is 44.2 Å². The van der Waals surface area contributed by atoms with Crippen LogP contribution in [-0.2, 0) is 25.6 Å². The topological polar surface area (TPSA) is 142 Å². The van der Waals surface area contributed by atoms with Crippen LogP contribution >= 0.6 is 11.8 Å². The van der Waals surface area contributed by atoms with Gasteiger partial charge in [0.25, 0.3) is 0 Å². The van der Waals surface area contributed by atoms with E-state index >= 15 is 0 Å². The van der Waals surface area contributed by atoms with Crippen molar-refractivity contribution in [2.75, 3.05) is 18.6 Å². The summed E-state index contributed by atoms with van der Waals surface area (Å²) >= 11 is 1.52. The minimum absolute atomic E-state index is 0.294. The maximum atomic E-state index is 13.1. The van der Waals surface area contributed by atoms with E-state index in [9.17, 15) is 24.3 Å². The van der Waals surface area contributed by atoms with Gasteiger partial charge >= 0.3 is 5.97 Å². The molecule has 1 aliphatic rings. The quantitative estimate of drug-likeness (QED) is 0.341. The minimum atomic E-state index is -1.13. The zero-order valence-corrected chi connectivity index (χ0v) is 20.8. The molecule has 0 aromatic heterocycles. The van der Waals surface area contributed by atoms with Gasteiger partial charge in [-0.25, -0.2) is 4.79 Å². The van der Waals surface area contributed by atoms with Crippen LogP contribution in [0.3, 0.4) is 0 Å². The van der Waals surface area contributed by atoms with Crippen molar-refractivity contribution in [1.29, 1.82) is 0 Å². The fraction of sp³-hybridized carbons (Fsp3) is 0.583. The fourth-order valence-electron chi connectivity index (χ4n) is 4.01. The molecule has 0 bridgehead atoms. The number of carbonyl (C=O) groups is 4. The Bertz CT molecular complexity index is 851. The molecule has 188 valence electrons. The number of rotatable bonds is 12. The minimum Gasteiger partial charge on any atom is -0.480 e. The number of thioether (sulfide) groups is 1. The van der Waals surface area contributed by atoms with E-state index in [2.05, 4.69) is 10.6 Å². The summed E-state index contributed by atoms with van der Waals surface area (Å²) in [5, 5.41) is 14.7. The van der Waals surface area contributed by atoms with Crippen molar-refractivity contribution >= 4 is 35.5 Å². The molecule has 0 radical (unpaired) electrons. The van der Waals surface area contributed by atoms with E-state index in [1.54, 1.807) is 13.8 Å². The summed E-state index contributed by atoms with van der Waals surface area (Å²) in [5.41, 5.74) is 7.11. The normalized spacial score (nSPS) is 18.3. The van der Waals surface area contributed by atoms with Gasteiger partial charge in [-0.05, 0) is 49.2 Å². The predicted octanol–water partition coefficient (Wildman–Crippen LogP) is 1.01. The Kier molecular flexibility index (Phi) is 10.8. The van der Waals surface area contributed by atoms with Crippen LogP contribution in [0.2, 0.25) is 0 Å². The average Bonchev–Trinajstić information content (AvgIpc) is 3.29. The zero-order chi connectivity index (χ0) is 25.3. The molecule has 9 nitrogen and oxygen atoms in total. The Balaban J connectivity index is 2.06. The third kappa shape index (κ3) is 7.73. The first-order chi connectivity index (χ1) is 16.1.